The second kappa shape index (κ2) is 5.30. The lowest BCUT2D eigenvalue weighted by molar-refractivity contribution is -0.147. The summed E-state index contributed by atoms with van der Waals surface area (Å²) < 4.78 is 10.6. The van der Waals surface area contributed by atoms with E-state index in [2.05, 4.69) is 5.32 Å². The number of carbonyl (C=O) groups is 2. The highest BCUT2D eigenvalue weighted by Gasteiger charge is 2.51. The fourth-order valence-electron chi connectivity index (χ4n) is 3.87. The van der Waals surface area contributed by atoms with E-state index < -0.39 is 17.8 Å². The first-order valence-electron chi connectivity index (χ1n) is 7.71. The molecule has 0 unspecified atom stereocenters. The third-order valence-corrected chi connectivity index (χ3v) is 4.95. The van der Waals surface area contributed by atoms with Gasteiger partial charge in [0, 0.05) is 6.54 Å². The summed E-state index contributed by atoms with van der Waals surface area (Å²) in [6, 6.07) is 5.51. The Kier molecular flexibility index (Phi) is 3.25. The van der Waals surface area contributed by atoms with E-state index in [4.69, 9.17) is 9.47 Å². The minimum absolute atomic E-state index is 0.0150. The maximum absolute atomic E-state index is 12.5. The molecule has 0 radical (unpaired) electrons. The van der Waals surface area contributed by atoms with Crippen LogP contribution in [-0.2, 0) is 16.1 Å². The van der Waals surface area contributed by atoms with Gasteiger partial charge in [-0.25, -0.2) is 0 Å². The van der Waals surface area contributed by atoms with Crippen LogP contribution in [0, 0.1) is 23.7 Å². The Labute approximate surface area is 133 Å². The van der Waals surface area contributed by atoms with Crippen LogP contribution in [0.1, 0.15) is 12.0 Å². The molecule has 0 saturated heterocycles. The molecule has 1 aromatic carbocycles. The molecule has 6 nitrogen and oxygen atoms in total. The smallest absolute Gasteiger partial charge is 0.307 e. The zero-order chi connectivity index (χ0) is 16.0. The van der Waals surface area contributed by atoms with Gasteiger partial charge in [0.15, 0.2) is 11.5 Å². The summed E-state index contributed by atoms with van der Waals surface area (Å²) in [6.07, 6.45) is 4.68. The Bertz CT molecular complexity index is 698. The van der Waals surface area contributed by atoms with Gasteiger partial charge in [0.1, 0.15) is 0 Å². The molecule has 2 aliphatic carbocycles. The zero-order valence-electron chi connectivity index (χ0n) is 12.4. The van der Waals surface area contributed by atoms with Gasteiger partial charge in [-0.05, 0) is 36.0 Å². The zero-order valence-corrected chi connectivity index (χ0v) is 12.4. The van der Waals surface area contributed by atoms with E-state index in [-0.39, 0.29) is 24.5 Å². The first kappa shape index (κ1) is 14.1. The maximum atomic E-state index is 12.5. The van der Waals surface area contributed by atoms with Crippen molar-refractivity contribution in [3.63, 3.8) is 0 Å². The predicted molar refractivity (Wildman–Crippen MR) is 79.8 cm³/mol. The van der Waals surface area contributed by atoms with Crippen LogP contribution in [0.25, 0.3) is 0 Å². The van der Waals surface area contributed by atoms with Crippen molar-refractivity contribution < 1.29 is 24.2 Å². The van der Waals surface area contributed by atoms with E-state index >= 15 is 0 Å². The van der Waals surface area contributed by atoms with E-state index in [1.807, 2.05) is 30.4 Å². The number of rotatable bonds is 4. The van der Waals surface area contributed by atoms with E-state index in [0.717, 1.165) is 12.0 Å². The summed E-state index contributed by atoms with van der Waals surface area (Å²) in [5.41, 5.74) is 0.896. The highest BCUT2D eigenvalue weighted by Crippen LogP contribution is 2.48. The van der Waals surface area contributed by atoms with Crippen LogP contribution < -0.4 is 14.8 Å². The van der Waals surface area contributed by atoms with E-state index in [1.54, 1.807) is 0 Å². The van der Waals surface area contributed by atoms with Crippen molar-refractivity contribution in [2.24, 2.45) is 23.7 Å². The molecule has 1 saturated carbocycles. The summed E-state index contributed by atoms with van der Waals surface area (Å²) in [6.45, 7) is 0.558. The second-order valence-corrected chi connectivity index (χ2v) is 6.24. The molecule has 1 aliphatic heterocycles. The van der Waals surface area contributed by atoms with Gasteiger partial charge >= 0.3 is 5.97 Å². The maximum Gasteiger partial charge on any atom is 0.307 e. The number of benzene rings is 1. The molecule has 120 valence electrons. The predicted octanol–water partition coefficient (Wildman–Crippen LogP) is 1.55. The van der Waals surface area contributed by atoms with Gasteiger partial charge in [-0.2, -0.15) is 0 Å². The number of carbonyl (C=O) groups excluding carboxylic acids is 1. The van der Waals surface area contributed by atoms with Gasteiger partial charge in [0.2, 0.25) is 12.7 Å². The van der Waals surface area contributed by atoms with Gasteiger partial charge in [0.05, 0.1) is 11.8 Å². The highest BCUT2D eigenvalue weighted by molar-refractivity contribution is 5.86. The van der Waals surface area contributed by atoms with Crippen molar-refractivity contribution in [1.82, 2.24) is 5.32 Å². The van der Waals surface area contributed by atoms with Crippen LogP contribution in [0.2, 0.25) is 0 Å². The van der Waals surface area contributed by atoms with Crippen molar-refractivity contribution in [1.29, 1.82) is 0 Å². The van der Waals surface area contributed by atoms with Gasteiger partial charge in [-0.1, -0.05) is 18.2 Å². The summed E-state index contributed by atoms with van der Waals surface area (Å²) in [5.74, 6) is -0.765. The van der Waals surface area contributed by atoms with E-state index in [0.29, 0.717) is 18.0 Å². The molecule has 0 spiro atoms. The first-order chi connectivity index (χ1) is 11.1. The van der Waals surface area contributed by atoms with E-state index in [1.165, 1.54) is 0 Å². The van der Waals surface area contributed by atoms with Crippen LogP contribution in [0.5, 0.6) is 11.5 Å². The first-order valence-corrected chi connectivity index (χ1v) is 7.71. The van der Waals surface area contributed by atoms with Crippen molar-refractivity contribution in [3.05, 3.63) is 35.9 Å². The largest absolute Gasteiger partial charge is 0.481 e. The molecule has 6 heteroatoms. The lowest BCUT2D eigenvalue weighted by Gasteiger charge is -2.23. The van der Waals surface area contributed by atoms with Crippen molar-refractivity contribution in [2.45, 2.75) is 13.0 Å². The topological polar surface area (TPSA) is 84.9 Å². The summed E-state index contributed by atoms with van der Waals surface area (Å²) in [5, 5.41) is 12.3. The van der Waals surface area contributed by atoms with Crippen LogP contribution in [0.4, 0.5) is 0 Å². The highest BCUT2D eigenvalue weighted by atomic mass is 16.7. The molecule has 2 bridgehead atoms. The molecule has 1 aromatic rings. The molecular formula is C17H17NO5. The molecule has 23 heavy (non-hydrogen) atoms. The monoisotopic (exact) mass is 315 g/mol. The standard InChI is InChI=1S/C17H17NO5/c19-16(14-10-2-3-11(6-10)15(14)17(20)21)18-7-9-1-4-12-13(5-9)23-8-22-12/h1-5,10-11,14-15H,6-8H2,(H,18,19)(H,20,21)/t10-,11+,14+,15+/m1/s1. The number of ether oxygens (including phenoxy) is 2. The number of hydrogen-bond donors (Lipinski definition) is 2. The van der Waals surface area contributed by atoms with Crippen molar-refractivity contribution in [3.8, 4) is 11.5 Å². The molecular weight excluding hydrogens is 298 g/mol. The van der Waals surface area contributed by atoms with Crippen molar-refractivity contribution >= 4 is 11.9 Å². The van der Waals surface area contributed by atoms with E-state index in [9.17, 15) is 14.7 Å². The Morgan fingerprint density at radius 1 is 1.13 bits per heavy atom. The van der Waals surface area contributed by atoms with Gasteiger partial charge in [0.25, 0.3) is 0 Å². The molecule has 1 heterocycles. The number of fused-ring (bicyclic) bond motifs is 3. The lowest BCUT2D eigenvalue weighted by atomic mass is 9.82. The van der Waals surface area contributed by atoms with Crippen LogP contribution in [0.15, 0.2) is 30.4 Å². The van der Waals surface area contributed by atoms with Gasteiger partial charge in [-0.3, -0.25) is 9.59 Å². The molecule has 1 amide bonds. The Balaban J connectivity index is 1.44. The molecule has 3 aliphatic rings. The number of allylic oxidation sites excluding steroid dienone is 2. The SMILES string of the molecule is O=C(NCc1ccc2c(c1)OCO2)[C@@H]1[C@@H](C(=O)O)[C@H]2C=C[C@@H]1C2. The normalized spacial score (nSPS) is 29.7. The third-order valence-electron chi connectivity index (χ3n) is 4.95. The quantitative estimate of drug-likeness (QED) is 0.824. The molecule has 1 fully saturated rings. The summed E-state index contributed by atoms with van der Waals surface area (Å²) in [4.78, 5) is 24.0. The number of carboxylic acids is 1. The van der Waals surface area contributed by atoms with Crippen molar-refractivity contribution in [2.75, 3.05) is 6.79 Å². The molecule has 0 aromatic heterocycles. The fraction of sp³-hybridized carbons (Fsp3) is 0.412. The Morgan fingerprint density at radius 3 is 2.65 bits per heavy atom. The number of carboxylic acid groups (broad SMARTS) is 1. The molecule has 4 rings (SSSR count). The Hall–Kier alpha value is -2.50. The minimum atomic E-state index is -0.884. The number of hydrogen-bond acceptors (Lipinski definition) is 4. The average molecular weight is 315 g/mol. The third kappa shape index (κ3) is 2.34. The van der Waals surface area contributed by atoms with Crippen LogP contribution in [0.3, 0.4) is 0 Å². The Morgan fingerprint density at radius 2 is 1.87 bits per heavy atom. The lowest BCUT2D eigenvalue weighted by Crippen LogP contribution is -2.39. The number of aliphatic carboxylic acids is 1. The van der Waals surface area contributed by atoms with Gasteiger partial charge < -0.3 is 19.9 Å². The molecule has 2 N–H and O–H groups in total. The second-order valence-electron chi connectivity index (χ2n) is 6.24. The average Bonchev–Trinajstić information content (AvgIpc) is 3.25. The number of amides is 1. The number of nitrogens with one attached hydrogen (secondary N) is 1. The molecule has 4 atom stereocenters. The minimum Gasteiger partial charge on any atom is -0.481 e. The fourth-order valence-corrected chi connectivity index (χ4v) is 3.87. The summed E-state index contributed by atoms with van der Waals surface area (Å²) >= 11 is 0. The van der Waals surface area contributed by atoms with Crippen LogP contribution >= 0.6 is 0 Å². The van der Waals surface area contributed by atoms with Crippen LogP contribution in [-0.4, -0.2) is 23.8 Å². The van der Waals surface area contributed by atoms with Gasteiger partial charge in [-0.15, -0.1) is 0 Å². The summed E-state index contributed by atoms with van der Waals surface area (Å²) in [7, 11) is 0.